The molecule has 6 nitrogen and oxygen atoms in total. The molecular weight excluding hydrogens is 342 g/mol. The first-order valence-electron chi connectivity index (χ1n) is 8.59. The molecule has 3 rings (SSSR count). The summed E-state index contributed by atoms with van der Waals surface area (Å²) in [5, 5.41) is 5.87. The SMILES string of the molecule is CN(C(=O)CNc1cccc(C(=O)NCc2ccco2)c1)c1ccccc1. The zero-order chi connectivity index (χ0) is 19.1. The number of nitrogens with zero attached hydrogens (tertiary/aromatic N) is 1. The number of benzene rings is 2. The van der Waals surface area contributed by atoms with Crippen molar-refractivity contribution < 1.29 is 14.0 Å². The summed E-state index contributed by atoms with van der Waals surface area (Å²) in [5.41, 5.74) is 2.04. The molecule has 0 aliphatic carbocycles. The van der Waals surface area contributed by atoms with E-state index < -0.39 is 0 Å². The smallest absolute Gasteiger partial charge is 0.251 e. The van der Waals surface area contributed by atoms with Crippen LogP contribution in [-0.2, 0) is 11.3 Å². The van der Waals surface area contributed by atoms with Crippen LogP contribution in [0.15, 0.2) is 77.4 Å². The second kappa shape index (κ2) is 8.71. The molecule has 2 amide bonds. The highest BCUT2D eigenvalue weighted by molar-refractivity contribution is 5.97. The van der Waals surface area contributed by atoms with Gasteiger partial charge in [-0.3, -0.25) is 9.59 Å². The van der Waals surface area contributed by atoms with Crippen molar-refractivity contribution in [1.82, 2.24) is 5.32 Å². The number of hydrogen-bond donors (Lipinski definition) is 2. The van der Waals surface area contributed by atoms with Gasteiger partial charge in [0.1, 0.15) is 5.76 Å². The number of anilines is 2. The van der Waals surface area contributed by atoms with E-state index in [4.69, 9.17) is 4.42 Å². The second-order valence-corrected chi connectivity index (χ2v) is 5.98. The molecule has 0 aliphatic rings. The number of nitrogens with one attached hydrogen (secondary N) is 2. The minimum absolute atomic E-state index is 0.0751. The molecule has 1 aromatic heterocycles. The minimum atomic E-state index is -0.206. The summed E-state index contributed by atoms with van der Waals surface area (Å²) in [6.45, 7) is 0.451. The maximum atomic E-state index is 12.3. The first-order chi connectivity index (χ1) is 13.1. The van der Waals surface area contributed by atoms with Crippen LogP contribution in [0.3, 0.4) is 0 Å². The van der Waals surface area contributed by atoms with Crippen LogP contribution in [0.1, 0.15) is 16.1 Å². The zero-order valence-electron chi connectivity index (χ0n) is 15.0. The number of rotatable bonds is 7. The van der Waals surface area contributed by atoms with E-state index in [0.717, 1.165) is 5.69 Å². The molecule has 1 heterocycles. The number of para-hydroxylation sites is 1. The van der Waals surface area contributed by atoms with Gasteiger partial charge >= 0.3 is 0 Å². The van der Waals surface area contributed by atoms with E-state index in [0.29, 0.717) is 23.6 Å². The van der Waals surface area contributed by atoms with Crippen molar-refractivity contribution in [3.63, 3.8) is 0 Å². The lowest BCUT2D eigenvalue weighted by Crippen LogP contribution is -2.32. The molecule has 6 heteroatoms. The van der Waals surface area contributed by atoms with E-state index in [1.54, 1.807) is 48.5 Å². The highest BCUT2D eigenvalue weighted by Gasteiger charge is 2.11. The summed E-state index contributed by atoms with van der Waals surface area (Å²) in [5.74, 6) is 0.406. The largest absolute Gasteiger partial charge is 0.467 e. The Balaban J connectivity index is 1.55. The van der Waals surface area contributed by atoms with Gasteiger partial charge in [-0.05, 0) is 42.5 Å². The summed E-state index contributed by atoms with van der Waals surface area (Å²) >= 11 is 0. The summed E-state index contributed by atoms with van der Waals surface area (Å²) in [6.07, 6.45) is 1.56. The average molecular weight is 363 g/mol. The second-order valence-electron chi connectivity index (χ2n) is 5.98. The van der Waals surface area contributed by atoms with Gasteiger partial charge < -0.3 is 20.0 Å². The number of carbonyl (C=O) groups is 2. The average Bonchev–Trinajstić information content (AvgIpc) is 3.24. The van der Waals surface area contributed by atoms with Crippen molar-refractivity contribution in [3.8, 4) is 0 Å². The predicted octanol–water partition coefficient (Wildman–Crippen LogP) is 3.28. The highest BCUT2D eigenvalue weighted by Crippen LogP contribution is 2.13. The molecule has 0 atom stereocenters. The molecule has 0 saturated carbocycles. The lowest BCUT2D eigenvalue weighted by Gasteiger charge is -2.18. The highest BCUT2D eigenvalue weighted by atomic mass is 16.3. The predicted molar refractivity (Wildman–Crippen MR) is 105 cm³/mol. The summed E-state index contributed by atoms with van der Waals surface area (Å²) < 4.78 is 5.20. The van der Waals surface area contributed by atoms with Gasteiger partial charge in [0, 0.05) is 24.0 Å². The third-order valence-corrected chi connectivity index (χ3v) is 4.09. The quantitative estimate of drug-likeness (QED) is 0.676. The van der Waals surface area contributed by atoms with Crippen LogP contribution in [0.25, 0.3) is 0 Å². The molecule has 0 bridgehead atoms. The van der Waals surface area contributed by atoms with Crippen molar-refractivity contribution in [2.75, 3.05) is 23.8 Å². The van der Waals surface area contributed by atoms with Crippen molar-refractivity contribution in [1.29, 1.82) is 0 Å². The lowest BCUT2D eigenvalue weighted by atomic mass is 10.2. The topological polar surface area (TPSA) is 74.6 Å². The summed E-state index contributed by atoms with van der Waals surface area (Å²) in [4.78, 5) is 26.2. The van der Waals surface area contributed by atoms with Crippen LogP contribution in [0.5, 0.6) is 0 Å². The fourth-order valence-corrected chi connectivity index (χ4v) is 2.54. The monoisotopic (exact) mass is 363 g/mol. The van der Waals surface area contributed by atoms with Crippen LogP contribution in [0.4, 0.5) is 11.4 Å². The first kappa shape index (κ1) is 18.3. The summed E-state index contributed by atoms with van der Waals surface area (Å²) in [6, 6.07) is 20.0. The van der Waals surface area contributed by atoms with Crippen molar-refractivity contribution >= 4 is 23.2 Å². The van der Waals surface area contributed by atoms with Crippen molar-refractivity contribution in [3.05, 3.63) is 84.3 Å². The van der Waals surface area contributed by atoms with Crippen molar-refractivity contribution in [2.24, 2.45) is 0 Å². The standard InChI is InChI=1S/C21H21N3O3/c1-24(18-9-3-2-4-10-18)20(25)15-22-17-8-5-7-16(13-17)21(26)23-14-19-11-6-12-27-19/h2-13,22H,14-15H2,1H3,(H,23,26). The van der Waals surface area contributed by atoms with Gasteiger partial charge in [-0.15, -0.1) is 0 Å². The van der Waals surface area contributed by atoms with Crippen LogP contribution in [0, 0.1) is 0 Å². The molecule has 0 saturated heterocycles. The maximum absolute atomic E-state index is 12.3. The fraction of sp³-hybridized carbons (Fsp3) is 0.143. The Morgan fingerprint density at radius 3 is 2.56 bits per heavy atom. The van der Waals surface area contributed by atoms with Crippen LogP contribution < -0.4 is 15.5 Å². The number of hydrogen-bond acceptors (Lipinski definition) is 4. The van der Waals surface area contributed by atoms with Gasteiger partial charge in [0.25, 0.3) is 5.91 Å². The molecular formula is C21H21N3O3. The van der Waals surface area contributed by atoms with Crippen LogP contribution in [0.2, 0.25) is 0 Å². The number of furan rings is 1. The normalized spacial score (nSPS) is 10.3. The first-order valence-corrected chi connectivity index (χ1v) is 8.59. The third kappa shape index (κ3) is 4.98. The zero-order valence-corrected chi connectivity index (χ0v) is 15.0. The Morgan fingerprint density at radius 1 is 1.00 bits per heavy atom. The van der Waals surface area contributed by atoms with Crippen LogP contribution in [-0.4, -0.2) is 25.4 Å². The van der Waals surface area contributed by atoms with E-state index in [9.17, 15) is 9.59 Å². The van der Waals surface area contributed by atoms with Gasteiger partial charge in [0.15, 0.2) is 0 Å². The molecule has 2 aromatic carbocycles. The van der Waals surface area contributed by atoms with Gasteiger partial charge in [-0.25, -0.2) is 0 Å². The van der Waals surface area contributed by atoms with E-state index in [1.165, 1.54) is 0 Å². The molecule has 0 spiro atoms. The minimum Gasteiger partial charge on any atom is -0.467 e. The van der Waals surface area contributed by atoms with Crippen molar-refractivity contribution in [2.45, 2.75) is 6.54 Å². The van der Waals surface area contributed by atoms with Crippen LogP contribution >= 0.6 is 0 Å². The molecule has 0 aliphatic heterocycles. The third-order valence-electron chi connectivity index (χ3n) is 4.09. The Morgan fingerprint density at radius 2 is 1.81 bits per heavy atom. The lowest BCUT2D eigenvalue weighted by molar-refractivity contribution is -0.116. The Hall–Kier alpha value is -3.54. The van der Waals surface area contributed by atoms with Gasteiger partial charge in [-0.1, -0.05) is 24.3 Å². The molecule has 0 radical (unpaired) electrons. The fourth-order valence-electron chi connectivity index (χ4n) is 2.54. The molecule has 3 aromatic rings. The Kier molecular flexibility index (Phi) is 5.89. The molecule has 138 valence electrons. The molecule has 27 heavy (non-hydrogen) atoms. The van der Waals surface area contributed by atoms with Gasteiger partial charge in [0.05, 0.1) is 19.4 Å². The maximum Gasteiger partial charge on any atom is 0.251 e. The number of carbonyl (C=O) groups excluding carboxylic acids is 2. The van der Waals surface area contributed by atoms with Gasteiger partial charge in [-0.2, -0.15) is 0 Å². The summed E-state index contributed by atoms with van der Waals surface area (Å²) in [7, 11) is 1.73. The van der Waals surface area contributed by atoms with E-state index >= 15 is 0 Å². The molecule has 2 N–H and O–H groups in total. The Bertz CT molecular complexity index is 892. The molecule has 0 unspecified atom stereocenters. The number of likely N-dealkylation sites (N-methyl/N-ethyl adjacent to an activating group) is 1. The van der Waals surface area contributed by atoms with E-state index in [2.05, 4.69) is 10.6 Å². The van der Waals surface area contributed by atoms with E-state index in [1.807, 2.05) is 36.4 Å². The molecule has 0 fully saturated rings. The van der Waals surface area contributed by atoms with E-state index in [-0.39, 0.29) is 18.4 Å². The number of amides is 2. The Labute approximate surface area is 157 Å². The van der Waals surface area contributed by atoms with Gasteiger partial charge in [0.2, 0.25) is 5.91 Å².